The van der Waals surface area contributed by atoms with E-state index in [-0.39, 0.29) is 44.9 Å². The molecule has 1 unspecified atom stereocenters. The SMILES string of the molecule is CCOC(Cc1ccc(OCCN(CCCCC(F)(F)C(F)(F)F)C(=O)Oc2ccc(OC(F)(F)F)cc2)cc1)C(=O)O. The first-order valence-corrected chi connectivity index (χ1v) is 12.8. The van der Waals surface area contributed by atoms with E-state index in [2.05, 4.69) is 4.74 Å². The molecule has 16 heteroatoms. The minimum Gasteiger partial charge on any atom is -0.492 e. The molecule has 240 valence electrons. The second-order valence-corrected chi connectivity index (χ2v) is 9.01. The summed E-state index contributed by atoms with van der Waals surface area (Å²) in [7, 11) is 0. The van der Waals surface area contributed by atoms with E-state index in [0.717, 1.165) is 29.2 Å². The number of unbranched alkanes of at least 4 members (excludes halogenated alkanes) is 1. The number of rotatable bonds is 16. The van der Waals surface area contributed by atoms with Gasteiger partial charge in [-0.2, -0.15) is 22.0 Å². The Morgan fingerprint density at radius 1 is 0.837 bits per heavy atom. The molecule has 0 aliphatic carbocycles. The largest absolute Gasteiger partial charge is 0.573 e. The Morgan fingerprint density at radius 2 is 1.42 bits per heavy atom. The molecule has 0 radical (unpaired) electrons. The fraction of sp³-hybridized carbons (Fsp3) is 0.481. The van der Waals surface area contributed by atoms with Crippen LogP contribution in [0.3, 0.4) is 0 Å². The number of carbonyl (C=O) groups excluding carboxylic acids is 1. The number of halogens is 8. The topological polar surface area (TPSA) is 94.5 Å². The van der Waals surface area contributed by atoms with E-state index >= 15 is 0 Å². The number of nitrogens with zero attached hydrogens (tertiary/aromatic N) is 1. The summed E-state index contributed by atoms with van der Waals surface area (Å²) < 4.78 is 120. The van der Waals surface area contributed by atoms with Crippen LogP contribution >= 0.6 is 0 Å². The smallest absolute Gasteiger partial charge is 0.492 e. The summed E-state index contributed by atoms with van der Waals surface area (Å²) in [6, 6.07) is 10.1. The first-order chi connectivity index (χ1) is 20.0. The molecule has 1 atom stereocenters. The van der Waals surface area contributed by atoms with Crippen LogP contribution in [-0.2, 0) is 16.0 Å². The van der Waals surface area contributed by atoms with Crippen molar-refractivity contribution in [2.45, 2.75) is 57.2 Å². The van der Waals surface area contributed by atoms with Crippen molar-refractivity contribution in [2.75, 3.05) is 26.3 Å². The van der Waals surface area contributed by atoms with Crippen molar-refractivity contribution in [3.63, 3.8) is 0 Å². The maximum absolute atomic E-state index is 13.2. The summed E-state index contributed by atoms with van der Waals surface area (Å²) >= 11 is 0. The van der Waals surface area contributed by atoms with Gasteiger partial charge >= 0.3 is 30.5 Å². The van der Waals surface area contributed by atoms with Gasteiger partial charge in [-0.1, -0.05) is 12.1 Å². The van der Waals surface area contributed by atoms with E-state index in [9.17, 15) is 49.8 Å². The second kappa shape index (κ2) is 15.6. The van der Waals surface area contributed by atoms with Gasteiger partial charge in [0.2, 0.25) is 0 Å². The zero-order valence-electron chi connectivity index (χ0n) is 22.7. The summed E-state index contributed by atoms with van der Waals surface area (Å²) in [5.74, 6) is -6.46. The second-order valence-electron chi connectivity index (χ2n) is 9.01. The van der Waals surface area contributed by atoms with E-state index in [1.807, 2.05) is 0 Å². The van der Waals surface area contributed by atoms with Gasteiger partial charge in [0.05, 0.1) is 6.54 Å². The fourth-order valence-corrected chi connectivity index (χ4v) is 3.59. The molecule has 1 N–H and O–H groups in total. The zero-order chi connectivity index (χ0) is 32.3. The van der Waals surface area contributed by atoms with Gasteiger partial charge in [0.1, 0.15) is 23.9 Å². The van der Waals surface area contributed by atoms with Crippen molar-refractivity contribution in [2.24, 2.45) is 0 Å². The molecule has 2 rings (SSSR count). The first-order valence-electron chi connectivity index (χ1n) is 12.8. The van der Waals surface area contributed by atoms with Crippen molar-refractivity contribution >= 4 is 12.1 Å². The third-order valence-corrected chi connectivity index (χ3v) is 5.72. The molecular formula is C27H29F8NO7. The van der Waals surface area contributed by atoms with Gasteiger partial charge in [0.15, 0.2) is 6.10 Å². The molecule has 0 spiro atoms. The molecule has 0 aromatic heterocycles. The number of carbonyl (C=O) groups is 2. The van der Waals surface area contributed by atoms with Crippen LogP contribution < -0.4 is 14.2 Å². The van der Waals surface area contributed by atoms with Gasteiger partial charge < -0.3 is 29.0 Å². The fourth-order valence-electron chi connectivity index (χ4n) is 3.59. The van der Waals surface area contributed by atoms with E-state index in [0.29, 0.717) is 11.3 Å². The molecule has 2 aromatic rings. The van der Waals surface area contributed by atoms with Crippen molar-refractivity contribution in [1.29, 1.82) is 0 Å². The van der Waals surface area contributed by atoms with E-state index in [4.69, 9.17) is 14.2 Å². The molecule has 0 saturated carbocycles. The lowest BCUT2D eigenvalue weighted by molar-refractivity contribution is -0.284. The molecule has 0 bridgehead atoms. The highest BCUT2D eigenvalue weighted by molar-refractivity contribution is 5.72. The molecular weight excluding hydrogens is 602 g/mol. The van der Waals surface area contributed by atoms with E-state index in [1.165, 1.54) is 12.1 Å². The Labute approximate surface area is 241 Å². The average Bonchev–Trinajstić information content (AvgIpc) is 2.90. The van der Waals surface area contributed by atoms with Gasteiger partial charge in [-0.15, -0.1) is 13.2 Å². The Morgan fingerprint density at radius 3 is 1.95 bits per heavy atom. The van der Waals surface area contributed by atoms with Crippen LogP contribution in [0, 0.1) is 0 Å². The van der Waals surface area contributed by atoms with Gasteiger partial charge in [-0.05, 0) is 61.7 Å². The van der Waals surface area contributed by atoms with Gasteiger partial charge in [-0.3, -0.25) is 0 Å². The van der Waals surface area contributed by atoms with Crippen molar-refractivity contribution in [3.8, 4) is 17.2 Å². The molecule has 2 aromatic carbocycles. The number of benzene rings is 2. The molecule has 1 amide bonds. The summed E-state index contributed by atoms with van der Waals surface area (Å²) in [6.07, 6.45) is -15.0. The monoisotopic (exact) mass is 631 g/mol. The normalized spacial score (nSPS) is 12.9. The zero-order valence-corrected chi connectivity index (χ0v) is 22.7. The quantitative estimate of drug-likeness (QED) is 0.160. The number of ether oxygens (including phenoxy) is 4. The minimum absolute atomic E-state index is 0.0970. The Balaban J connectivity index is 2.01. The number of aliphatic carboxylic acids is 1. The molecule has 0 fully saturated rings. The number of hydrogen-bond donors (Lipinski definition) is 1. The molecule has 8 nitrogen and oxygen atoms in total. The summed E-state index contributed by atoms with van der Waals surface area (Å²) in [5, 5.41) is 9.21. The van der Waals surface area contributed by atoms with Crippen molar-refractivity contribution < 1.29 is 68.8 Å². The van der Waals surface area contributed by atoms with E-state index in [1.54, 1.807) is 19.1 Å². The Bertz CT molecular complexity index is 1160. The maximum atomic E-state index is 13.2. The number of carboxylic acid groups (broad SMARTS) is 1. The number of alkyl halides is 8. The summed E-state index contributed by atoms with van der Waals surface area (Å²) in [4.78, 5) is 25.0. The highest BCUT2D eigenvalue weighted by Gasteiger charge is 2.56. The third-order valence-electron chi connectivity index (χ3n) is 5.72. The minimum atomic E-state index is -5.71. The maximum Gasteiger partial charge on any atom is 0.573 e. The van der Waals surface area contributed by atoms with Crippen LogP contribution in [-0.4, -0.2) is 72.9 Å². The van der Waals surface area contributed by atoms with Crippen molar-refractivity contribution in [3.05, 3.63) is 54.1 Å². The van der Waals surface area contributed by atoms with E-state index < -0.39 is 55.2 Å². The highest BCUT2D eigenvalue weighted by atomic mass is 19.4. The van der Waals surface area contributed by atoms with Crippen molar-refractivity contribution in [1.82, 2.24) is 4.90 Å². The molecule has 0 saturated heterocycles. The lowest BCUT2D eigenvalue weighted by Gasteiger charge is -2.23. The average molecular weight is 632 g/mol. The van der Waals surface area contributed by atoms with Gasteiger partial charge in [-0.25, -0.2) is 9.59 Å². The third kappa shape index (κ3) is 12.5. The highest BCUT2D eigenvalue weighted by Crippen LogP contribution is 2.39. The molecule has 0 aliphatic rings. The van der Waals surface area contributed by atoms with Crippen LogP contribution in [0.15, 0.2) is 48.5 Å². The standard InChI is InChI=1S/C27H29F8NO7/c1-2-40-22(23(37)38)17-18-5-7-19(8-6-18)41-16-15-36(14-4-3-13-25(28,29)26(30,31)32)24(39)42-20-9-11-21(12-10-20)43-27(33,34)35/h5-12,22H,2-4,13-17H2,1H3,(H,37,38). The van der Waals surface area contributed by atoms with Crippen LogP contribution in [0.5, 0.6) is 17.2 Å². The molecule has 0 heterocycles. The lowest BCUT2D eigenvalue weighted by atomic mass is 10.1. The van der Waals surface area contributed by atoms with Crippen LogP contribution in [0.25, 0.3) is 0 Å². The summed E-state index contributed by atoms with van der Waals surface area (Å²) in [5.41, 5.74) is 0.640. The summed E-state index contributed by atoms with van der Waals surface area (Å²) in [6.45, 7) is 1.21. The first kappa shape index (κ1) is 35.4. The lowest BCUT2D eigenvalue weighted by Crippen LogP contribution is -2.38. The Hall–Kier alpha value is -3.82. The molecule has 0 aliphatic heterocycles. The molecule has 43 heavy (non-hydrogen) atoms. The number of hydrogen-bond acceptors (Lipinski definition) is 6. The van der Waals surface area contributed by atoms with Crippen LogP contribution in [0.4, 0.5) is 39.9 Å². The predicted octanol–water partition coefficient (Wildman–Crippen LogP) is 6.87. The van der Waals surface area contributed by atoms with Crippen LogP contribution in [0.2, 0.25) is 0 Å². The van der Waals surface area contributed by atoms with Crippen LogP contribution in [0.1, 0.15) is 31.7 Å². The number of carboxylic acids is 1. The van der Waals surface area contributed by atoms with Gasteiger partial charge in [0, 0.05) is 26.0 Å². The van der Waals surface area contributed by atoms with Gasteiger partial charge in [0.25, 0.3) is 0 Å². The number of amides is 1. The Kier molecular flexibility index (Phi) is 12.8. The predicted molar refractivity (Wildman–Crippen MR) is 134 cm³/mol.